The number of anilines is 1. The fourth-order valence-electron chi connectivity index (χ4n) is 4.24. The zero-order valence-corrected chi connectivity index (χ0v) is 21.3. The van der Waals surface area contributed by atoms with Gasteiger partial charge in [0, 0.05) is 36.9 Å². The van der Waals surface area contributed by atoms with Crippen LogP contribution in [-0.4, -0.2) is 25.8 Å². The average molecular weight is 472 g/mol. The predicted molar refractivity (Wildman–Crippen MR) is 147 cm³/mol. The van der Waals surface area contributed by atoms with E-state index in [0.29, 0.717) is 6.61 Å². The number of methoxy groups -OCH3 is 1. The summed E-state index contributed by atoms with van der Waals surface area (Å²) in [6, 6.07) is 14.1. The number of ether oxygens (including phenoxy) is 1. The van der Waals surface area contributed by atoms with Gasteiger partial charge in [-0.25, -0.2) is 0 Å². The molecule has 1 amide bonds. The van der Waals surface area contributed by atoms with E-state index in [1.807, 2.05) is 56.3 Å². The molecule has 1 aliphatic carbocycles. The van der Waals surface area contributed by atoms with E-state index in [4.69, 9.17) is 4.74 Å². The summed E-state index contributed by atoms with van der Waals surface area (Å²) in [5.74, 6) is -0.132. The molecule has 0 saturated heterocycles. The topological polar surface area (TPSA) is 62.7 Å². The molecule has 1 aliphatic rings. The Morgan fingerprint density at radius 2 is 2.09 bits per heavy atom. The number of allylic oxidation sites excluding steroid dienone is 3. The van der Waals surface area contributed by atoms with Crippen molar-refractivity contribution in [1.29, 1.82) is 0 Å². The molecule has 2 N–H and O–H groups in total. The molecule has 5 nitrogen and oxygen atoms in total. The van der Waals surface area contributed by atoms with Crippen LogP contribution in [0.15, 0.2) is 77.8 Å². The Kier molecular flexibility index (Phi) is 9.62. The van der Waals surface area contributed by atoms with Crippen LogP contribution in [-0.2, 0) is 9.53 Å². The zero-order valence-electron chi connectivity index (χ0n) is 21.3. The SMILES string of the molecule is C=C(NC(CCOC)c1cccc(NC(=O)C2C=CC(CC)=CC2)c1)c1cccc(C)c1N=CC. The molecule has 2 aromatic rings. The van der Waals surface area contributed by atoms with Crippen LogP contribution in [0.2, 0.25) is 0 Å². The molecule has 3 rings (SSSR count). The highest BCUT2D eigenvalue weighted by Gasteiger charge is 2.19. The first-order chi connectivity index (χ1) is 17.0. The second kappa shape index (κ2) is 12.9. The van der Waals surface area contributed by atoms with Gasteiger partial charge >= 0.3 is 0 Å². The molecule has 2 atom stereocenters. The minimum atomic E-state index is -0.144. The van der Waals surface area contributed by atoms with E-state index >= 15 is 0 Å². The maximum absolute atomic E-state index is 12.9. The number of nitrogens with one attached hydrogen (secondary N) is 2. The molecule has 2 unspecified atom stereocenters. The molecule has 0 heterocycles. The molecule has 0 bridgehead atoms. The molecule has 5 heteroatoms. The first-order valence-corrected chi connectivity index (χ1v) is 12.3. The first kappa shape index (κ1) is 26.2. The van der Waals surface area contributed by atoms with Crippen LogP contribution < -0.4 is 10.6 Å². The van der Waals surface area contributed by atoms with Crippen LogP contribution in [0.25, 0.3) is 5.70 Å². The van der Waals surface area contributed by atoms with Crippen LogP contribution in [0.1, 0.15) is 55.8 Å². The van der Waals surface area contributed by atoms with Gasteiger partial charge in [-0.05, 0) is 56.4 Å². The Balaban J connectivity index is 1.78. The standard InChI is InChI=1S/C30H37N3O2/c1-6-23-14-16-24(17-15-23)30(34)33-26-12-9-11-25(20-26)28(18-19-35-5)32-22(4)27-13-8-10-21(3)29(27)31-7-2/h7-16,20,24,28,32H,4,6,17-19H2,1-3,5H3,(H,33,34). The largest absolute Gasteiger partial charge is 0.385 e. The van der Waals surface area contributed by atoms with Gasteiger partial charge in [0.2, 0.25) is 5.91 Å². The lowest BCUT2D eigenvalue weighted by Gasteiger charge is -2.24. The van der Waals surface area contributed by atoms with Crippen molar-refractivity contribution in [3.63, 3.8) is 0 Å². The minimum absolute atomic E-state index is 0.0115. The van der Waals surface area contributed by atoms with Crippen LogP contribution in [0.5, 0.6) is 0 Å². The third-order valence-electron chi connectivity index (χ3n) is 6.26. The van der Waals surface area contributed by atoms with Crippen molar-refractivity contribution in [2.24, 2.45) is 10.9 Å². The number of para-hydroxylation sites is 1. The summed E-state index contributed by atoms with van der Waals surface area (Å²) >= 11 is 0. The van der Waals surface area contributed by atoms with Crippen molar-refractivity contribution >= 4 is 29.2 Å². The Labute approximate surface area is 209 Å². The van der Waals surface area contributed by atoms with E-state index in [2.05, 4.69) is 47.3 Å². The number of hydrogen-bond acceptors (Lipinski definition) is 4. The second-order valence-corrected chi connectivity index (χ2v) is 8.76. The molecule has 2 aromatic carbocycles. The number of rotatable bonds is 11. The molecule has 35 heavy (non-hydrogen) atoms. The van der Waals surface area contributed by atoms with Gasteiger partial charge in [0.1, 0.15) is 0 Å². The molecule has 0 aromatic heterocycles. The Bertz CT molecular complexity index is 1130. The molecular formula is C30H37N3O2. The molecule has 184 valence electrons. The van der Waals surface area contributed by atoms with Gasteiger partial charge < -0.3 is 15.4 Å². The van der Waals surface area contributed by atoms with Gasteiger partial charge in [0.05, 0.1) is 17.6 Å². The number of aliphatic imine (C=N–C) groups is 1. The van der Waals surface area contributed by atoms with Crippen molar-refractivity contribution in [3.05, 3.63) is 89.5 Å². The van der Waals surface area contributed by atoms with E-state index in [1.54, 1.807) is 13.3 Å². The number of hydrogen-bond donors (Lipinski definition) is 2. The normalized spacial score (nSPS) is 16.1. The monoisotopic (exact) mass is 471 g/mol. The highest BCUT2D eigenvalue weighted by molar-refractivity contribution is 5.94. The van der Waals surface area contributed by atoms with Gasteiger partial charge in [-0.1, -0.05) is 67.6 Å². The fraction of sp³-hybridized carbons (Fsp3) is 0.333. The summed E-state index contributed by atoms with van der Waals surface area (Å²) in [5.41, 5.74) is 6.91. The lowest BCUT2D eigenvalue weighted by atomic mass is 9.94. The van der Waals surface area contributed by atoms with E-state index in [9.17, 15) is 4.79 Å². The molecule has 0 aliphatic heterocycles. The van der Waals surface area contributed by atoms with Crippen molar-refractivity contribution in [1.82, 2.24) is 5.32 Å². The van der Waals surface area contributed by atoms with E-state index in [-0.39, 0.29) is 17.9 Å². The highest BCUT2D eigenvalue weighted by Crippen LogP contribution is 2.31. The third-order valence-corrected chi connectivity index (χ3v) is 6.26. The van der Waals surface area contributed by atoms with Gasteiger partial charge in [0.15, 0.2) is 0 Å². The number of carbonyl (C=O) groups excluding carboxylic acids is 1. The zero-order chi connectivity index (χ0) is 25.2. The summed E-state index contributed by atoms with van der Waals surface area (Å²) in [7, 11) is 1.70. The molecular weight excluding hydrogens is 434 g/mol. The van der Waals surface area contributed by atoms with Gasteiger partial charge in [-0.3, -0.25) is 9.79 Å². The van der Waals surface area contributed by atoms with Crippen molar-refractivity contribution in [3.8, 4) is 0 Å². The maximum atomic E-state index is 12.9. The van der Waals surface area contributed by atoms with E-state index in [1.165, 1.54) is 5.57 Å². The molecule has 0 spiro atoms. The first-order valence-electron chi connectivity index (χ1n) is 12.3. The summed E-state index contributed by atoms with van der Waals surface area (Å²) in [5, 5.41) is 6.68. The summed E-state index contributed by atoms with van der Waals surface area (Å²) in [4.78, 5) is 17.4. The van der Waals surface area contributed by atoms with E-state index in [0.717, 1.165) is 53.0 Å². The van der Waals surface area contributed by atoms with E-state index < -0.39 is 0 Å². The Morgan fingerprint density at radius 3 is 2.77 bits per heavy atom. The van der Waals surface area contributed by atoms with Gasteiger partial charge in [0.25, 0.3) is 0 Å². The number of aryl methyl sites for hydroxylation is 1. The van der Waals surface area contributed by atoms with Crippen molar-refractivity contribution < 1.29 is 9.53 Å². The number of amides is 1. The maximum Gasteiger partial charge on any atom is 0.231 e. The lowest BCUT2D eigenvalue weighted by molar-refractivity contribution is -0.118. The molecule has 0 saturated carbocycles. The lowest BCUT2D eigenvalue weighted by Crippen LogP contribution is -2.23. The quantitative estimate of drug-likeness (QED) is 0.350. The minimum Gasteiger partial charge on any atom is -0.385 e. The fourth-order valence-corrected chi connectivity index (χ4v) is 4.24. The average Bonchev–Trinajstić information content (AvgIpc) is 2.87. The Hall–Kier alpha value is -3.44. The van der Waals surface area contributed by atoms with Crippen LogP contribution in [0.3, 0.4) is 0 Å². The van der Waals surface area contributed by atoms with Crippen LogP contribution in [0, 0.1) is 12.8 Å². The predicted octanol–water partition coefficient (Wildman–Crippen LogP) is 6.91. The second-order valence-electron chi connectivity index (χ2n) is 8.76. The van der Waals surface area contributed by atoms with Crippen LogP contribution in [0.4, 0.5) is 11.4 Å². The van der Waals surface area contributed by atoms with Gasteiger partial charge in [-0.2, -0.15) is 0 Å². The Morgan fingerprint density at radius 1 is 1.29 bits per heavy atom. The molecule has 0 fully saturated rings. The third kappa shape index (κ3) is 7.03. The summed E-state index contributed by atoms with van der Waals surface area (Å²) < 4.78 is 5.38. The summed E-state index contributed by atoms with van der Waals surface area (Å²) in [6.45, 7) is 11.0. The highest BCUT2D eigenvalue weighted by atomic mass is 16.5. The smallest absolute Gasteiger partial charge is 0.231 e. The van der Waals surface area contributed by atoms with Crippen LogP contribution >= 0.6 is 0 Å². The molecule has 0 radical (unpaired) electrons. The van der Waals surface area contributed by atoms with Gasteiger partial charge in [-0.15, -0.1) is 0 Å². The summed E-state index contributed by atoms with van der Waals surface area (Å²) in [6.07, 6.45) is 10.5. The van der Waals surface area contributed by atoms with Crippen molar-refractivity contribution in [2.75, 3.05) is 19.0 Å². The number of carbonyl (C=O) groups is 1. The number of benzene rings is 2. The van der Waals surface area contributed by atoms with Crippen molar-refractivity contribution in [2.45, 2.75) is 46.1 Å². The number of nitrogens with zero attached hydrogens (tertiary/aromatic N) is 1.